The highest BCUT2D eigenvalue weighted by Gasteiger charge is 2.23. The Morgan fingerprint density at radius 2 is 1.93 bits per heavy atom. The SMILES string of the molecule is CS(=O)(=O)c1ccccc1-c1nnc(NC(=O)c2cc(Cl)ccc2[N+](=O)[O-])o1. The van der Waals surface area contributed by atoms with E-state index in [2.05, 4.69) is 15.5 Å². The largest absolute Gasteiger partial charge is 0.403 e. The van der Waals surface area contributed by atoms with Crippen molar-refractivity contribution in [1.29, 1.82) is 0 Å². The number of nitrogens with one attached hydrogen (secondary N) is 1. The maximum atomic E-state index is 12.4. The zero-order valence-corrected chi connectivity index (χ0v) is 15.7. The Kier molecular flexibility index (Phi) is 5.12. The Morgan fingerprint density at radius 1 is 1.21 bits per heavy atom. The molecule has 1 N–H and O–H groups in total. The van der Waals surface area contributed by atoms with Crippen LogP contribution >= 0.6 is 11.6 Å². The summed E-state index contributed by atoms with van der Waals surface area (Å²) < 4.78 is 29.1. The molecule has 0 aliphatic carbocycles. The van der Waals surface area contributed by atoms with Crippen molar-refractivity contribution >= 4 is 39.0 Å². The predicted octanol–water partition coefficient (Wildman–Crippen LogP) is 2.95. The van der Waals surface area contributed by atoms with E-state index >= 15 is 0 Å². The van der Waals surface area contributed by atoms with Gasteiger partial charge in [-0.2, -0.15) is 0 Å². The number of rotatable bonds is 5. The van der Waals surface area contributed by atoms with Gasteiger partial charge in [0.1, 0.15) is 5.56 Å². The lowest BCUT2D eigenvalue weighted by atomic mass is 10.1. The zero-order chi connectivity index (χ0) is 20.5. The predicted molar refractivity (Wildman–Crippen MR) is 98.9 cm³/mol. The van der Waals surface area contributed by atoms with Crippen molar-refractivity contribution in [3.8, 4) is 11.5 Å². The molecule has 0 saturated carbocycles. The molecule has 0 fully saturated rings. The van der Waals surface area contributed by atoms with Crippen molar-refractivity contribution in [2.75, 3.05) is 11.6 Å². The number of hydrogen-bond acceptors (Lipinski definition) is 8. The van der Waals surface area contributed by atoms with Gasteiger partial charge < -0.3 is 4.42 Å². The third-order valence-electron chi connectivity index (χ3n) is 3.56. The van der Waals surface area contributed by atoms with Crippen LogP contribution in [0.15, 0.2) is 51.8 Å². The second-order valence-electron chi connectivity index (χ2n) is 5.55. The number of nitro groups is 1. The van der Waals surface area contributed by atoms with Crippen molar-refractivity contribution in [3.05, 3.63) is 63.2 Å². The van der Waals surface area contributed by atoms with Gasteiger partial charge in [-0.15, -0.1) is 5.10 Å². The molecule has 0 unspecified atom stereocenters. The van der Waals surface area contributed by atoms with Crippen LogP contribution in [0.3, 0.4) is 0 Å². The third kappa shape index (κ3) is 4.00. The number of sulfone groups is 1. The molecule has 3 rings (SSSR count). The lowest BCUT2D eigenvalue weighted by Gasteiger charge is -2.04. The summed E-state index contributed by atoms with van der Waals surface area (Å²) in [7, 11) is -3.56. The average molecular weight is 423 g/mol. The van der Waals surface area contributed by atoms with E-state index in [-0.39, 0.29) is 33.0 Å². The lowest BCUT2D eigenvalue weighted by Crippen LogP contribution is -2.14. The number of amides is 1. The summed E-state index contributed by atoms with van der Waals surface area (Å²) in [6, 6.07) is 9.12. The molecule has 0 radical (unpaired) electrons. The molecule has 0 atom stereocenters. The Morgan fingerprint density at radius 3 is 2.61 bits per heavy atom. The first-order valence-corrected chi connectivity index (χ1v) is 9.82. The van der Waals surface area contributed by atoms with Crippen molar-refractivity contribution in [2.24, 2.45) is 0 Å². The third-order valence-corrected chi connectivity index (χ3v) is 4.95. The fourth-order valence-corrected chi connectivity index (χ4v) is 3.42. The first kappa shape index (κ1) is 19.5. The van der Waals surface area contributed by atoms with Gasteiger partial charge in [0.25, 0.3) is 17.5 Å². The molecule has 0 aliphatic heterocycles. The van der Waals surface area contributed by atoms with Crippen LogP contribution in [-0.4, -0.2) is 35.7 Å². The van der Waals surface area contributed by atoms with E-state index in [1.165, 1.54) is 24.3 Å². The minimum Gasteiger partial charge on any atom is -0.403 e. The van der Waals surface area contributed by atoms with Gasteiger partial charge in [-0.05, 0) is 24.3 Å². The molecule has 2 aromatic carbocycles. The second kappa shape index (κ2) is 7.37. The van der Waals surface area contributed by atoms with Gasteiger partial charge in [-0.3, -0.25) is 20.2 Å². The van der Waals surface area contributed by atoms with E-state index in [9.17, 15) is 23.3 Å². The second-order valence-corrected chi connectivity index (χ2v) is 7.97. The molecule has 144 valence electrons. The highest BCUT2D eigenvalue weighted by molar-refractivity contribution is 7.90. The number of carbonyl (C=O) groups is 1. The molecule has 28 heavy (non-hydrogen) atoms. The summed E-state index contributed by atoms with van der Waals surface area (Å²) in [6.45, 7) is 0. The number of nitro benzene ring substituents is 1. The Balaban J connectivity index is 1.92. The minimum absolute atomic E-state index is 0.0259. The summed E-state index contributed by atoms with van der Waals surface area (Å²) in [6.07, 6.45) is 1.03. The van der Waals surface area contributed by atoms with Gasteiger partial charge in [-0.1, -0.05) is 28.8 Å². The van der Waals surface area contributed by atoms with E-state index in [1.54, 1.807) is 6.07 Å². The molecule has 0 spiro atoms. The van der Waals surface area contributed by atoms with Crippen LogP contribution in [0.25, 0.3) is 11.5 Å². The zero-order valence-electron chi connectivity index (χ0n) is 14.1. The van der Waals surface area contributed by atoms with E-state index in [0.29, 0.717) is 0 Å². The van der Waals surface area contributed by atoms with Crippen LogP contribution in [0.5, 0.6) is 0 Å². The van der Waals surface area contributed by atoms with Gasteiger partial charge in [0.05, 0.1) is 15.4 Å². The molecule has 0 aliphatic rings. The number of aromatic nitrogens is 2. The fourth-order valence-electron chi connectivity index (χ4n) is 2.36. The minimum atomic E-state index is -3.56. The first-order valence-electron chi connectivity index (χ1n) is 7.55. The maximum Gasteiger partial charge on any atom is 0.322 e. The molecule has 3 aromatic rings. The van der Waals surface area contributed by atoms with Crippen LogP contribution in [0.1, 0.15) is 10.4 Å². The Hall–Kier alpha value is -3.31. The molecular weight excluding hydrogens is 412 g/mol. The monoisotopic (exact) mass is 422 g/mol. The molecule has 0 saturated heterocycles. The average Bonchev–Trinajstić information content (AvgIpc) is 3.09. The molecule has 1 aromatic heterocycles. The van der Waals surface area contributed by atoms with Crippen LogP contribution in [0, 0.1) is 10.1 Å². The van der Waals surface area contributed by atoms with E-state index in [1.807, 2.05) is 0 Å². The number of carbonyl (C=O) groups excluding carboxylic acids is 1. The van der Waals surface area contributed by atoms with Gasteiger partial charge in [0, 0.05) is 17.3 Å². The van der Waals surface area contributed by atoms with Crippen molar-refractivity contribution < 1.29 is 22.6 Å². The lowest BCUT2D eigenvalue weighted by molar-refractivity contribution is -0.385. The number of hydrogen-bond donors (Lipinski definition) is 1. The van der Waals surface area contributed by atoms with Gasteiger partial charge in [0.15, 0.2) is 9.84 Å². The number of halogens is 1. The Labute approximate surface area is 163 Å². The van der Waals surface area contributed by atoms with Crippen LogP contribution in [0.4, 0.5) is 11.7 Å². The normalized spacial score (nSPS) is 11.2. The van der Waals surface area contributed by atoms with Gasteiger partial charge >= 0.3 is 6.01 Å². The quantitative estimate of drug-likeness (QED) is 0.487. The molecule has 1 heterocycles. The maximum absolute atomic E-state index is 12.4. The summed E-state index contributed by atoms with van der Waals surface area (Å²) in [5.41, 5.74) is -0.593. The number of anilines is 1. The van der Waals surface area contributed by atoms with Crippen molar-refractivity contribution in [3.63, 3.8) is 0 Å². The van der Waals surface area contributed by atoms with Gasteiger partial charge in [0.2, 0.25) is 0 Å². The summed E-state index contributed by atoms with van der Waals surface area (Å²) >= 11 is 5.80. The highest BCUT2D eigenvalue weighted by atomic mass is 35.5. The van der Waals surface area contributed by atoms with Gasteiger partial charge in [-0.25, -0.2) is 8.42 Å². The van der Waals surface area contributed by atoms with E-state index in [4.69, 9.17) is 16.0 Å². The topological polar surface area (TPSA) is 145 Å². The number of nitrogens with zero attached hydrogens (tertiary/aromatic N) is 3. The standard InChI is InChI=1S/C16H11ClN4O6S/c1-28(25,26)13-5-3-2-4-10(13)15-19-20-16(27-15)18-14(22)11-8-9(17)6-7-12(11)21(23)24/h2-8H,1H3,(H,18,20,22). The van der Waals surface area contributed by atoms with E-state index < -0.39 is 26.4 Å². The summed E-state index contributed by atoms with van der Waals surface area (Å²) in [5, 5.41) is 20.8. The van der Waals surface area contributed by atoms with Crippen molar-refractivity contribution in [1.82, 2.24) is 10.2 Å². The first-order chi connectivity index (χ1) is 13.2. The smallest absolute Gasteiger partial charge is 0.322 e. The van der Waals surface area contributed by atoms with E-state index in [0.717, 1.165) is 18.4 Å². The summed E-state index contributed by atoms with van der Waals surface area (Å²) in [5.74, 6) is -1.03. The van der Waals surface area contributed by atoms with Crippen molar-refractivity contribution in [2.45, 2.75) is 4.90 Å². The highest BCUT2D eigenvalue weighted by Crippen LogP contribution is 2.28. The molecule has 12 heteroatoms. The molecule has 1 amide bonds. The Bertz CT molecular complexity index is 1190. The number of benzene rings is 2. The molecule has 0 bridgehead atoms. The fraction of sp³-hybridized carbons (Fsp3) is 0.0625. The molecule has 10 nitrogen and oxygen atoms in total. The van der Waals surface area contributed by atoms with Crippen LogP contribution < -0.4 is 5.32 Å². The molecular formula is C16H11ClN4O6S. The van der Waals surface area contributed by atoms with Crippen LogP contribution in [-0.2, 0) is 9.84 Å². The van der Waals surface area contributed by atoms with Crippen LogP contribution in [0.2, 0.25) is 5.02 Å². The summed E-state index contributed by atoms with van der Waals surface area (Å²) in [4.78, 5) is 22.7.